The van der Waals surface area contributed by atoms with E-state index in [0.717, 1.165) is 35.2 Å². The van der Waals surface area contributed by atoms with E-state index in [1.807, 2.05) is 29.9 Å². The SMILES string of the molecule is C=C(C1=C(N(C)C(C)(C)C)OC(N)=C(C#N)C1c1ccc(-n2ccnc2)cc1)C1CCCCC1. The fourth-order valence-corrected chi connectivity index (χ4v) is 4.88. The summed E-state index contributed by atoms with van der Waals surface area (Å²) in [5.41, 5.74) is 10.7. The Morgan fingerprint density at radius 2 is 1.88 bits per heavy atom. The van der Waals surface area contributed by atoms with E-state index < -0.39 is 0 Å². The van der Waals surface area contributed by atoms with Crippen LogP contribution in [0, 0.1) is 17.2 Å². The summed E-state index contributed by atoms with van der Waals surface area (Å²) in [7, 11) is 2.02. The number of nitriles is 1. The van der Waals surface area contributed by atoms with Gasteiger partial charge in [-0.25, -0.2) is 4.98 Å². The van der Waals surface area contributed by atoms with Gasteiger partial charge in [0.1, 0.15) is 11.6 Å². The molecule has 1 atom stereocenters. The maximum Gasteiger partial charge on any atom is 0.207 e. The van der Waals surface area contributed by atoms with Gasteiger partial charge < -0.3 is 19.9 Å². The van der Waals surface area contributed by atoms with E-state index in [1.54, 1.807) is 12.5 Å². The molecule has 178 valence electrons. The number of aromatic nitrogens is 2. The predicted molar refractivity (Wildman–Crippen MR) is 134 cm³/mol. The minimum Gasteiger partial charge on any atom is -0.424 e. The third kappa shape index (κ3) is 4.48. The number of hydrogen-bond acceptors (Lipinski definition) is 5. The third-order valence-corrected chi connectivity index (χ3v) is 7.18. The molecule has 2 N–H and O–H groups in total. The molecule has 6 nitrogen and oxygen atoms in total. The predicted octanol–water partition coefficient (Wildman–Crippen LogP) is 5.76. The van der Waals surface area contributed by atoms with Crippen molar-refractivity contribution >= 4 is 0 Å². The number of allylic oxidation sites excluding steroid dienone is 3. The summed E-state index contributed by atoms with van der Waals surface area (Å²) >= 11 is 0. The van der Waals surface area contributed by atoms with Crippen LogP contribution in [-0.4, -0.2) is 27.0 Å². The lowest BCUT2D eigenvalue weighted by atomic mass is 9.74. The molecule has 2 aromatic rings. The molecule has 4 rings (SSSR count). The van der Waals surface area contributed by atoms with Crippen LogP contribution in [-0.2, 0) is 4.74 Å². The van der Waals surface area contributed by atoms with Gasteiger partial charge in [-0.2, -0.15) is 5.26 Å². The molecule has 6 heteroatoms. The van der Waals surface area contributed by atoms with Crippen molar-refractivity contribution in [3.8, 4) is 11.8 Å². The van der Waals surface area contributed by atoms with Crippen molar-refractivity contribution in [2.75, 3.05) is 7.05 Å². The summed E-state index contributed by atoms with van der Waals surface area (Å²) < 4.78 is 8.16. The van der Waals surface area contributed by atoms with Gasteiger partial charge >= 0.3 is 0 Å². The van der Waals surface area contributed by atoms with E-state index in [0.29, 0.717) is 17.4 Å². The Bertz CT molecular complexity index is 1140. The largest absolute Gasteiger partial charge is 0.424 e. The Morgan fingerprint density at radius 3 is 2.44 bits per heavy atom. The average Bonchev–Trinajstić information content (AvgIpc) is 3.37. The molecule has 0 amide bonds. The number of imidazole rings is 1. The Hall–Kier alpha value is -3.46. The van der Waals surface area contributed by atoms with Crippen molar-refractivity contribution in [2.45, 2.75) is 64.3 Å². The number of nitrogens with two attached hydrogens (primary N) is 1. The van der Waals surface area contributed by atoms with Crippen molar-refractivity contribution in [1.82, 2.24) is 14.5 Å². The van der Waals surface area contributed by atoms with E-state index in [1.165, 1.54) is 19.3 Å². The zero-order valence-electron chi connectivity index (χ0n) is 20.7. The first-order chi connectivity index (χ1) is 16.2. The average molecular weight is 458 g/mol. The zero-order valence-corrected chi connectivity index (χ0v) is 20.7. The summed E-state index contributed by atoms with van der Waals surface area (Å²) in [4.78, 5) is 6.26. The summed E-state index contributed by atoms with van der Waals surface area (Å²) in [6.45, 7) is 11.0. The zero-order chi connectivity index (χ0) is 24.5. The van der Waals surface area contributed by atoms with Crippen LogP contribution in [0.25, 0.3) is 5.69 Å². The van der Waals surface area contributed by atoms with Gasteiger partial charge in [-0.05, 0) is 62.8 Å². The lowest BCUT2D eigenvalue weighted by Crippen LogP contribution is -2.41. The van der Waals surface area contributed by atoms with Gasteiger partial charge in [0.25, 0.3) is 0 Å². The monoisotopic (exact) mass is 457 g/mol. The molecule has 2 aliphatic rings. The van der Waals surface area contributed by atoms with Gasteiger partial charge in [0.15, 0.2) is 0 Å². The van der Waals surface area contributed by atoms with Crippen LogP contribution in [0.15, 0.2) is 78.1 Å². The first-order valence-corrected chi connectivity index (χ1v) is 12.1. The Balaban J connectivity index is 1.86. The summed E-state index contributed by atoms with van der Waals surface area (Å²) in [6, 6.07) is 10.6. The Labute approximate surface area is 203 Å². The quantitative estimate of drug-likeness (QED) is 0.617. The van der Waals surface area contributed by atoms with Crippen LogP contribution in [0.1, 0.15) is 64.4 Å². The molecule has 1 unspecified atom stereocenters. The molecule has 34 heavy (non-hydrogen) atoms. The van der Waals surface area contributed by atoms with Crippen molar-refractivity contribution in [1.29, 1.82) is 5.26 Å². The lowest BCUT2D eigenvalue weighted by molar-refractivity contribution is 0.101. The number of hydrogen-bond donors (Lipinski definition) is 1. The molecular formula is C28H35N5O. The van der Waals surface area contributed by atoms with Crippen LogP contribution in [0.4, 0.5) is 0 Å². The number of rotatable bonds is 5. The molecule has 1 aliphatic carbocycles. The van der Waals surface area contributed by atoms with Gasteiger partial charge in [-0.1, -0.05) is 38.0 Å². The molecule has 0 spiro atoms. The number of nitrogens with zero attached hydrogens (tertiary/aromatic N) is 4. The van der Waals surface area contributed by atoms with Crippen molar-refractivity contribution in [3.05, 3.63) is 83.6 Å². The molecule has 1 aromatic carbocycles. The molecule has 2 heterocycles. The second-order valence-electron chi connectivity index (χ2n) is 10.3. The van der Waals surface area contributed by atoms with Crippen molar-refractivity contribution < 1.29 is 4.74 Å². The van der Waals surface area contributed by atoms with Crippen LogP contribution >= 0.6 is 0 Å². The molecule has 0 radical (unpaired) electrons. The van der Waals surface area contributed by atoms with Gasteiger partial charge in [-0.15, -0.1) is 0 Å². The minimum absolute atomic E-state index is 0.164. The lowest BCUT2D eigenvalue weighted by Gasteiger charge is -2.41. The second kappa shape index (κ2) is 9.42. The van der Waals surface area contributed by atoms with Gasteiger partial charge in [0.2, 0.25) is 11.8 Å². The molecule has 1 aliphatic heterocycles. The van der Waals surface area contributed by atoms with E-state index in [-0.39, 0.29) is 17.3 Å². The van der Waals surface area contributed by atoms with Crippen LogP contribution in [0.5, 0.6) is 0 Å². The fourth-order valence-electron chi connectivity index (χ4n) is 4.88. The van der Waals surface area contributed by atoms with Crippen LogP contribution in [0.2, 0.25) is 0 Å². The van der Waals surface area contributed by atoms with E-state index in [4.69, 9.17) is 10.5 Å². The number of ether oxygens (including phenoxy) is 1. The highest BCUT2D eigenvalue weighted by atomic mass is 16.5. The van der Waals surface area contributed by atoms with E-state index in [9.17, 15) is 5.26 Å². The maximum atomic E-state index is 10.1. The third-order valence-electron chi connectivity index (χ3n) is 7.18. The van der Waals surface area contributed by atoms with Gasteiger partial charge in [0.05, 0.1) is 12.2 Å². The topological polar surface area (TPSA) is 80.1 Å². The molecule has 1 saturated carbocycles. The van der Waals surface area contributed by atoms with Crippen LogP contribution in [0.3, 0.4) is 0 Å². The summed E-state index contributed by atoms with van der Waals surface area (Å²) in [6.07, 6.45) is 11.3. The normalized spacial score (nSPS) is 19.6. The van der Waals surface area contributed by atoms with E-state index in [2.05, 4.69) is 55.4 Å². The molecule has 1 aromatic heterocycles. The highest BCUT2D eigenvalue weighted by Crippen LogP contribution is 2.47. The number of benzene rings is 1. The van der Waals surface area contributed by atoms with Crippen molar-refractivity contribution in [2.24, 2.45) is 11.7 Å². The summed E-state index contributed by atoms with van der Waals surface area (Å²) in [5, 5.41) is 10.1. The minimum atomic E-state index is -0.329. The maximum absolute atomic E-state index is 10.1. The summed E-state index contributed by atoms with van der Waals surface area (Å²) in [5.74, 6) is 0.910. The second-order valence-corrected chi connectivity index (χ2v) is 10.3. The molecule has 1 fully saturated rings. The standard InChI is InChI=1S/C28H35N5O/c1-19(20-9-7-6-8-10-20)24-25(21-11-13-22(14-12-21)33-16-15-31-18-33)23(17-29)26(30)34-27(24)32(5)28(2,3)4/h11-16,18,20,25H,1,6-10,30H2,2-5H3. The van der Waals surface area contributed by atoms with Gasteiger partial charge in [-0.3, -0.25) is 0 Å². The Kier molecular flexibility index (Phi) is 6.56. The molecule has 0 saturated heterocycles. The smallest absolute Gasteiger partial charge is 0.207 e. The highest BCUT2D eigenvalue weighted by Gasteiger charge is 2.39. The van der Waals surface area contributed by atoms with Crippen LogP contribution < -0.4 is 5.73 Å². The first-order valence-electron chi connectivity index (χ1n) is 12.1. The van der Waals surface area contributed by atoms with Gasteiger partial charge in [0, 0.05) is 36.2 Å². The Morgan fingerprint density at radius 1 is 1.21 bits per heavy atom. The fraction of sp³-hybridized carbons (Fsp3) is 0.429. The van der Waals surface area contributed by atoms with E-state index >= 15 is 0 Å². The first kappa shape index (κ1) is 23.7. The van der Waals surface area contributed by atoms with Crippen molar-refractivity contribution in [3.63, 3.8) is 0 Å². The highest BCUT2D eigenvalue weighted by molar-refractivity contribution is 5.56. The molecule has 0 bridgehead atoms. The molecular weight excluding hydrogens is 422 g/mol.